The van der Waals surface area contributed by atoms with Crippen LogP contribution in [0, 0.1) is 24.7 Å². The number of carbonyl (C=O) groups excluding carboxylic acids is 1. The van der Waals surface area contributed by atoms with Crippen molar-refractivity contribution in [2.45, 2.75) is 56.1 Å². The summed E-state index contributed by atoms with van der Waals surface area (Å²) in [6.07, 6.45) is 11.3. The lowest BCUT2D eigenvalue weighted by atomic mass is 9.53. The van der Waals surface area contributed by atoms with Crippen LogP contribution in [0.4, 0.5) is 0 Å². The zero-order valence-corrected chi connectivity index (χ0v) is 15.2. The van der Waals surface area contributed by atoms with E-state index in [0.29, 0.717) is 11.0 Å². The van der Waals surface area contributed by atoms with Gasteiger partial charge < -0.3 is 10.1 Å². The van der Waals surface area contributed by atoms with Gasteiger partial charge in [-0.2, -0.15) is 4.98 Å². The summed E-state index contributed by atoms with van der Waals surface area (Å²) in [7, 11) is 0. The predicted octanol–water partition coefficient (Wildman–Crippen LogP) is 2.97. The molecule has 0 aliphatic heterocycles. The molecular weight excluding hydrogens is 322 g/mol. The molecule has 0 spiro atoms. The van der Waals surface area contributed by atoms with Crippen LogP contribution >= 0.6 is 11.8 Å². The topological polar surface area (TPSA) is 64.1 Å². The Bertz CT molecular complexity index is 614. The molecule has 0 unspecified atom stereocenters. The zero-order valence-electron chi connectivity index (χ0n) is 14.4. The van der Waals surface area contributed by atoms with Crippen LogP contribution in [0.15, 0.2) is 11.4 Å². The first-order chi connectivity index (χ1) is 11.5. The summed E-state index contributed by atoms with van der Waals surface area (Å²) in [4.78, 5) is 21.0. The van der Waals surface area contributed by atoms with Crippen LogP contribution in [-0.2, 0) is 4.79 Å². The van der Waals surface area contributed by atoms with E-state index >= 15 is 0 Å². The van der Waals surface area contributed by atoms with Crippen LogP contribution < -0.4 is 10.1 Å². The number of rotatable bonds is 5. The summed E-state index contributed by atoms with van der Waals surface area (Å²) in [5, 5.41) is 3.99. The Morgan fingerprint density at radius 2 is 1.92 bits per heavy atom. The maximum absolute atomic E-state index is 12.5. The van der Waals surface area contributed by atoms with Crippen LogP contribution in [0.1, 0.15) is 44.1 Å². The van der Waals surface area contributed by atoms with Gasteiger partial charge in [-0.25, -0.2) is 4.98 Å². The normalized spacial score (nSPS) is 33.5. The Labute approximate surface area is 147 Å². The lowest BCUT2D eigenvalue weighted by Crippen LogP contribution is -2.60. The highest BCUT2D eigenvalue weighted by molar-refractivity contribution is 7.98. The second-order valence-electron chi connectivity index (χ2n) is 7.88. The molecule has 24 heavy (non-hydrogen) atoms. The summed E-state index contributed by atoms with van der Waals surface area (Å²) < 4.78 is 5.68. The number of nitrogens with one attached hydrogen (secondary N) is 1. The van der Waals surface area contributed by atoms with Crippen molar-refractivity contribution >= 4 is 17.7 Å². The highest BCUT2D eigenvalue weighted by Gasteiger charge is 2.51. The number of aromatic nitrogens is 2. The van der Waals surface area contributed by atoms with E-state index in [-0.39, 0.29) is 18.1 Å². The Morgan fingerprint density at radius 3 is 2.50 bits per heavy atom. The molecule has 130 valence electrons. The molecule has 4 aliphatic carbocycles. The summed E-state index contributed by atoms with van der Waals surface area (Å²) in [6, 6.07) is 0. The molecule has 1 N–H and O–H groups in total. The van der Waals surface area contributed by atoms with Crippen LogP contribution in [-0.4, -0.2) is 34.3 Å². The Kier molecular flexibility index (Phi) is 4.19. The SMILES string of the molecule is CSc1ncc(C)c(OCC(=O)NC23CC4CC(CC(C4)C2)C3)n1. The van der Waals surface area contributed by atoms with Crippen molar-refractivity contribution in [1.82, 2.24) is 15.3 Å². The standard InChI is InChI=1S/C18H25N3O2S/c1-11-9-19-17(24-2)20-16(11)23-10-15(22)21-18-6-12-3-13(7-18)5-14(4-12)8-18/h9,12-14H,3-8,10H2,1-2H3,(H,21,22). The van der Waals surface area contributed by atoms with Gasteiger partial charge in [-0.3, -0.25) is 4.79 Å². The number of ether oxygens (including phenoxy) is 1. The number of aryl methyl sites for hydroxylation is 1. The molecule has 6 heteroatoms. The van der Waals surface area contributed by atoms with Crippen molar-refractivity contribution in [2.24, 2.45) is 17.8 Å². The average Bonchev–Trinajstić information content (AvgIpc) is 2.52. The van der Waals surface area contributed by atoms with Crippen molar-refractivity contribution in [1.29, 1.82) is 0 Å². The molecule has 4 bridgehead atoms. The van der Waals surface area contributed by atoms with Gasteiger partial charge in [0.15, 0.2) is 11.8 Å². The highest BCUT2D eigenvalue weighted by Crippen LogP contribution is 2.55. The quantitative estimate of drug-likeness (QED) is 0.655. The number of hydrogen-bond donors (Lipinski definition) is 1. The van der Waals surface area contributed by atoms with Crippen molar-refractivity contribution in [3.8, 4) is 5.88 Å². The number of hydrogen-bond acceptors (Lipinski definition) is 5. The second kappa shape index (κ2) is 6.21. The summed E-state index contributed by atoms with van der Waals surface area (Å²) in [5.74, 6) is 2.97. The van der Waals surface area contributed by atoms with E-state index < -0.39 is 0 Å². The van der Waals surface area contributed by atoms with Crippen LogP contribution in [0.3, 0.4) is 0 Å². The van der Waals surface area contributed by atoms with E-state index in [9.17, 15) is 4.79 Å². The monoisotopic (exact) mass is 347 g/mol. The molecular formula is C18H25N3O2S. The maximum Gasteiger partial charge on any atom is 0.258 e. The van der Waals surface area contributed by atoms with Crippen molar-refractivity contribution in [3.05, 3.63) is 11.8 Å². The van der Waals surface area contributed by atoms with Crippen molar-refractivity contribution in [3.63, 3.8) is 0 Å². The molecule has 5 nitrogen and oxygen atoms in total. The largest absolute Gasteiger partial charge is 0.467 e. The molecule has 1 heterocycles. The second-order valence-corrected chi connectivity index (χ2v) is 8.65. The smallest absolute Gasteiger partial charge is 0.258 e. The van der Waals surface area contributed by atoms with Gasteiger partial charge in [0.2, 0.25) is 5.88 Å². The Balaban J connectivity index is 1.37. The molecule has 1 amide bonds. The van der Waals surface area contributed by atoms with Gasteiger partial charge in [-0.1, -0.05) is 11.8 Å². The molecule has 5 rings (SSSR count). The van der Waals surface area contributed by atoms with E-state index in [2.05, 4.69) is 15.3 Å². The van der Waals surface area contributed by atoms with Gasteiger partial charge in [0.05, 0.1) is 0 Å². The minimum Gasteiger partial charge on any atom is -0.467 e. The maximum atomic E-state index is 12.5. The van der Waals surface area contributed by atoms with E-state index in [1.54, 1.807) is 6.20 Å². The van der Waals surface area contributed by atoms with Gasteiger partial charge in [-0.15, -0.1) is 0 Å². The van der Waals surface area contributed by atoms with Gasteiger partial charge in [0.1, 0.15) is 0 Å². The van der Waals surface area contributed by atoms with Gasteiger partial charge in [0, 0.05) is 17.3 Å². The lowest BCUT2D eigenvalue weighted by molar-refractivity contribution is -0.128. The number of carbonyl (C=O) groups is 1. The van der Waals surface area contributed by atoms with E-state index in [0.717, 1.165) is 42.6 Å². The fourth-order valence-electron chi connectivity index (χ4n) is 5.39. The minimum atomic E-state index is -0.0133. The molecule has 1 aromatic rings. The molecule has 4 aliphatic rings. The summed E-state index contributed by atoms with van der Waals surface area (Å²) in [5.41, 5.74) is 0.899. The minimum absolute atomic E-state index is 0.0133. The third kappa shape index (κ3) is 3.13. The first-order valence-corrected chi connectivity index (χ1v) is 10.1. The first kappa shape index (κ1) is 16.2. The zero-order chi connectivity index (χ0) is 16.7. The van der Waals surface area contributed by atoms with Crippen molar-refractivity contribution in [2.75, 3.05) is 12.9 Å². The number of amides is 1. The summed E-state index contributed by atoms with van der Waals surface area (Å²) >= 11 is 1.47. The lowest BCUT2D eigenvalue weighted by Gasteiger charge is -2.56. The van der Waals surface area contributed by atoms with Gasteiger partial charge in [-0.05, 0) is 69.5 Å². The van der Waals surface area contributed by atoms with Gasteiger partial charge >= 0.3 is 0 Å². The number of nitrogens with zero attached hydrogens (tertiary/aromatic N) is 2. The van der Waals surface area contributed by atoms with E-state index in [4.69, 9.17) is 4.74 Å². The van der Waals surface area contributed by atoms with Crippen molar-refractivity contribution < 1.29 is 9.53 Å². The number of thioether (sulfide) groups is 1. The molecule has 0 aromatic carbocycles. The highest BCUT2D eigenvalue weighted by atomic mass is 32.2. The molecule has 0 saturated heterocycles. The first-order valence-electron chi connectivity index (χ1n) is 8.87. The fourth-order valence-corrected chi connectivity index (χ4v) is 5.72. The van der Waals surface area contributed by atoms with Gasteiger partial charge in [0.25, 0.3) is 5.91 Å². The van der Waals surface area contributed by atoms with E-state index in [1.165, 1.54) is 31.0 Å². The van der Waals surface area contributed by atoms with Crippen LogP contribution in [0.2, 0.25) is 0 Å². The Hall–Kier alpha value is -1.30. The third-order valence-corrected chi connectivity index (χ3v) is 6.43. The fraction of sp³-hybridized carbons (Fsp3) is 0.722. The predicted molar refractivity (Wildman–Crippen MR) is 93.1 cm³/mol. The molecule has 1 aromatic heterocycles. The molecule has 4 saturated carbocycles. The molecule has 0 radical (unpaired) electrons. The van der Waals surface area contributed by atoms with Crippen LogP contribution in [0.5, 0.6) is 5.88 Å². The van der Waals surface area contributed by atoms with Crippen LogP contribution in [0.25, 0.3) is 0 Å². The third-order valence-electron chi connectivity index (χ3n) is 5.87. The molecule has 0 atom stereocenters. The average molecular weight is 347 g/mol. The summed E-state index contributed by atoms with van der Waals surface area (Å²) in [6.45, 7) is 1.93. The Morgan fingerprint density at radius 1 is 1.29 bits per heavy atom. The molecule has 4 fully saturated rings. The van der Waals surface area contributed by atoms with E-state index in [1.807, 2.05) is 13.2 Å².